The SMILES string of the molecule is O=C(O)[C@H]1COC(C(=O)O)(C(=O)O)O1. The standard InChI is InChI=1S/C6H6O8/c7-3(8)2-1-13-6(14-2,4(9)10)5(11)12/h2H,1H2,(H,7,8)(H,9,10)(H,11,12)/t2-/m1/s1. The fourth-order valence-corrected chi connectivity index (χ4v) is 0.899. The fourth-order valence-electron chi connectivity index (χ4n) is 0.899. The molecule has 1 fully saturated rings. The normalized spacial score (nSPS) is 24.4. The van der Waals surface area contributed by atoms with E-state index in [1.807, 2.05) is 0 Å². The van der Waals surface area contributed by atoms with E-state index in [-0.39, 0.29) is 0 Å². The van der Waals surface area contributed by atoms with Crippen molar-refractivity contribution in [3.05, 3.63) is 0 Å². The van der Waals surface area contributed by atoms with Crippen molar-refractivity contribution in [2.45, 2.75) is 11.9 Å². The summed E-state index contributed by atoms with van der Waals surface area (Å²) in [5.74, 6) is -8.17. The van der Waals surface area contributed by atoms with Crippen LogP contribution in [0, 0.1) is 0 Å². The molecule has 0 aliphatic carbocycles. The molecular formula is C6H6O8. The van der Waals surface area contributed by atoms with Crippen LogP contribution in [0.2, 0.25) is 0 Å². The maximum Gasteiger partial charge on any atom is 0.377 e. The largest absolute Gasteiger partial charge is 0.479 e. The van der Waals surface area contributed by atoms with Gasteiger partial charge in [0.15, 0.2) is 6.10 Å². The number of carboxylic acids is 3. The minimum Gasteiger partial charge on any atom is -0.479 e. The summed E-state index contributed by atoms with van der Waals surface area (Å²) in [6.45, 7) is -0.617. The molecule has 14 heavy (non-hydrogen) atoms. The van der Waals surface area contributed by atoms with Crippen molar-refractivity contribution < 1.29 is 39.2 Å². The summed E-state index contributed by atoms with van der Waals surface area (Å²) in [7, 11) is 0. The number of aliphatic carboxylic acids is 3. The molecule has 1 saturated heterocycles. The molecule has 1 heterocycles. The van der Waals surface area contributed by atoms with E-state index in [0.29, 0.717) is 0 Å². The molecule has 3 N–H and O–H groups in total. The Hall–Kier alpha value is -1.67. The highest BCUT2D eigenvalue weighted by atomic mass is 16.8. The van der Waals surface area contributed by atoms with Crippen LogP contribution in [0.15, 0.2) is 0 Å². The van der Waals surface area contributed by atoms with Crippen LogP contribution in [0.4, 0.5) is 0 Å². The van der Waals surface area contributed by atoms with Crippen LogP contribution in [-0.2, 0) is 23.9 Å². The van der Waals surface area contributed by atoms with Crippen LogP contribution in [0.5, 0.6) is 0 Å². The highest BCUT2D eigenvalue weighted by Gasteiger charge is 2.57. The van der Waals surface area contributed by atoms with Crippen LogP contribution in [-0.4, -0.2) is 51.7 Å². The predicted molar refractivity (Wildman–Crippen MR) is 36.5 cm³/mol. The highest BCUT2D eigenvalue weighted by molar-refractivity contribution is 6.00. The lowest BCUT2D eigenvalue weighted by Gasteiger charge is -2.16. The Morgan fingerprint density at radius 1 is 1.14 bits per heavy atom. The molecule has 1 aliphatic heterocycles. The van der Waals surface area contributed by atoms with Gasteiger partial charge < -0.3 is 24.8 Å². The van der Waals surface area contributed by atoms with Gasteiger partial charge in [0.2, 0.25) is 0 Å². The summed E-state index contributed by atoms with van der Waals surface area (Å²) in [6.07, 6.45) is -1.58. The summed E-state index contributed by atoms with van der Waals surface area (Å²) < 4.78 is 8.65. The Kier molecular flexibility index (Phi) is 2.41. The summed E-state index contributed by atoms with van der Waals surface area (Å²) in [4.78, 5) is 31.4. The zero-order valence-electron chi connectivity index (χ0n) is 6.67. The van der Waals surface area contributed by atoms with E-state index >= 15 is 0 Å². The predicted octanol–water partition coefficient (Wildman–Crippen LogP) is -1.65. The molecule has 8 heteroatoms. The number of carboxylic acid groups (broad SMARTS) is 3. The molecule has 8 nitrogen and oxygen atoms in total. The van der Waals surface area contributed by atoms with Gasteiger partial charge in [0, 0.05) is 0 Å². The molecule has 0 aromatic heterocycles. The van der Waals surface area contributed by atoms with Crippen molar-refractivity contribution >= 4 is 17.9 Å². The Balaban J connectivity index is 2.91. The number of hydrogen-bond acceptors (Lipinski definition) is 5. The van der Waals surface area contributed by atoms with E-state index in [4.69, 9.17) is 15.3 Å². The lowest BCUT2D eigenvalue weighted by Crippen LogP contribution is -2.48. The summed E-state index contributed by atoms with van der Waals surface area (Å²) in [5, 5.41) is 25.4. The van der Waals surface area contributed by atoms with Gasteiger partial charge in [-0.05, 0) is 0 Å². The number of hydrogen-bond donors (Lipinski definition) is 3. The molecule has 0 aromatic rings. The lowest BCUT2D eigenvalue weighted by atomic mass is 10.3. The fraction of sp³-hybridized carbons (Fsp3) is 0.500. The Labute approximate surface area is 76.7 Å². The summed E-state index contributed by atoms with van der Waals surface area (Å²) in [6, 6.07) is 0. The third kappa shape index (κ3) is 1.40. The Morgan fingerprint density at radius 3 is 1.86 bits per heavy atom. The van der Waals surface area contributed by atoms with E-state index in [2.05, 4.69) is 9.47 Å². The topological polar surface area (TPSA) is 130 Å². The van der Waals surface area contributed by atoms with Crippen molar-refractivity contribution in [2.75, 3.05) is 6.61 Å². The van der Waals surface area contributed by atoms with E-state index < -0.39 is 36.4 Å². The molecule has 1 aliphatic rings. The molecule has 78 valence electrons. The Morgan fingerprint density at radius 2 is 1.64 bits per heavy atom. The number of rotatable bonds is 3. The molecule has 1 rings (SSSR count). The monoisotopic (exact) mass is 206 g/mol. The second-order valence-electron chi connectivity index (χ2n) is 2.48. The number of carbonyl (C=O) groups is 3. The smallest absolute Gasteiger partial charge is 0.377 e. The third-order valence-corrected chi connectivity index (χ3v) is 1.58. The van der Waals surface area contributed by atoms with E-state index in [1.54, 1.807) is 0 Å². The second-order valence-corrected chi connectivity index (χ2v) is 2.48. The van der Waals surface area contributed by atoms with Gasteiger partial charge in [0.25, 0.3) is 0 Å². The highest BCUT2D eigenvalue weighted by Crippen LogP contribution is 2.24. The molecule has 1 atom stereocenters. The van der Waals surface area contributed by atoms with Crippen molar-refractivity contribution in [1.29, 1.82) is 0 Å². The molecule has 0 aromatic carbocycles. The van der Waals surface area contributed by atoms with Gasteiger partial charge in [0.1, 0.15) is 0 Å². The minimum atomic E-state index is -2.90. The first-order valence-electron chi connectivity index (χ1n) is 3.41. The quantitative estimate of drug-likeness (QED) is 0.468. The van der Waals surface area contributed by atoms with Crippen molar-refractivity contribution in [1.82, 2.24) is 0 Å². The molecule has 0 bridgehead atoms. The minimum absolute atomic E-state index is 0.617. The van der Waals surface area contributed by atoms with Gasteiger partial charge in [-0.25, -0.2) is 14.4 Å². The molecule has 0 unspecified atom stereocenters. The van der Waals surface area contributed by atoms with Crippen LogP contribution in [0.25, 0.3) is 0 Å². The zero-order valence-corrected chi connectivity index (χ0v) is 6.67. The van der Waals surface area contributed by atoms with Crippen LogP contribution >= 0.6 is 0 Å². The Bertz CT molecular complexity index is 280. The average Bonchev–Trinajstić information content (AvgIpc) is 2.48. The summed E-state index contributed by atoms with van der Waals surface area (Å²) >= 11 is 0. The van der Waals surface area contributed by atoms with Gasteiger partial charge in [-0.1, -0.05) is 0 Å². The second kappa shape index (κ2) is 3.24. The van der Waals surface area contributed by atoms with Crippen LogP contribution in [0.1, 0.15) is 0 Å². The van der Waals surface area contributed by atoms with Crippen molar-refractivity contribution in [3.63, 3.8) is 0 Å². The molecule has 0 amide bonds. The van der Waals surface area contributed by atoms with Crippen LogP contribution in [0.3, 0.4) is 0 Å². The first-order valence-corrected chi connectivity index (χ1v) is 3.41. The van der Waals surface area contributed by atoms with Crippen molar-refractivity contribution in [2.24, 2.45) is 0 Å². The first-order chi connectivity index (χ1) is 6.40. The van der Waals surface area contributed by atoms with Gasteiger partial charge in [-0.2, -0.15) is 0 Å². The van der Waals surface area contributed by atoms with Crippen molar-refractivity contribution in [3.8, 4) is 0 Å². The van der Waals surface area contributed by atoms with E-state index in [9.17, 15) is 14.4 Å². The van der Waals surface area contributed by atoms with Gasteiger partial charge in [-0.3, -0.25) is 0 Å². The molecular weight excluding hydrogens is 200 g/mol. The van der Waals surface area contributed by atoms with E-state index in [0.717, 1.165) is 0 Å². The van der Waals surface area contributed by atoms with Gasteiger partial charge >= 0.3 is 23.7 Å². The lowest BCUT2D eigenvalue weighted by molar-refractivity contribution is -0.218. The average molecular weight is 206 g/mol. The first kappa shape index (κ1) is 10.4. The zero-order chi connectivity index (χ0) is 10.9. The number of ether oxygens (including phenoxy) is 2. The third-order valence-electron chi connectivity index (χ3n) is 1.58. The van der Waals surface area contributed by atoms with Crippen LogP contribution < -0.4 is 0 Å². The summed E-state index contributed by atoms with van der Waals surface area (Å²) in [5.41, 5.74) is 0. The van der Waals surface area contributed by atoms with E-state index in [1.165, 1.54) is 0 Å². The molecule has 0 spiro atoms. The maximum absolute atomic E-state index is 10.5. The maximum atomic E-state index is 10.5. The molecule has 0 saturated carbocycles. The molecule has 0 radical (unpaired) electrons. The van der Waals surface area contributed by atoms with Gasteiger partial charge in [-0.15, -0.1) is 0 Å². The van der Waals surface area contributed by atoms with Gasteiger partial charge in [0.05, 0.1) is 6.61 Å².